The quantitative estimate of drug-likeness (QED) is 0.586. The van der Waals surface area contributed by atoms with Crippen molar-refractivity contribution in [3.63, 3.8) is 0 Å². The summed E-state index contributed by atoms with van der Waals surface area (Å²) in [6.45, 7) is -0.416. The Balaban J connectivity index is 3.40. The van der Waals surface area contributed by atoms with E-state index in [2.05, 4.69) is 4.52 Å². The van der Waals surface area contributed by atoms with E-state index in [4.69, 9.17) is 9.79 Å². The van der Waals surface area contributed by atoms with E-state index >= 15 is 0 Å². The van der Waals surface area contributed by atoms with Crippen LogP contribution in [0.5, 0.6) is 0 Å². The average Bonchev–Trinajstić information content (AvgIpc) is 1.63. The van der Waals surface area contributed by atoms with Crippen LogP contribution in [0, 0.1) is 0 Å². The Labute approximate surface area is 51.2 Å². The Kier molecular flexibility index (Phi) is 3.65. The van der Waals surface area contributed by atoms with Crippen LogP contribution in [0.3, 0.4) is 0 Å². The summed E-state index contributed by atoms with van der Waals surface area (Å²) in [5, 5.41) is 0. The van der Waals surface area contributed by atoms with E-state index in [-0.39, 0.29) is 6.33 Å². The third-order valence-corrected chi connectivity index (χ3v) is 0.913. The second-order valence-corrected chi connectivity index (χ2v) is 2.39. The molecule has 0 aliphatic carbocycles. The highest BCUT2D eigenvalue weighted by atomic mass is 31.2. The van der Waals surface area contributed by atoms with Crippen molar-refractivity contribution < 1.29 is 23.3 Å². The molecule has 0 saturated heterocycles. The van der Waals surface area contributed by atoms with Crippen molar-refractivity contribution in [3.8, 4) is 0 Å². The molecule has 0 fully saturated rings. The first kappa shape index (κ1) is 8.78. The van der Waals surface area contributed by atoms with Crippen molar-refractivity contribution in [1.29, 1.82) is 0 Å². The van der Waals surface area contributed by atoms with E-state index in [1.54, 1.807) is 0 Å². The fourth-order valence-electron chi connectivity index (χ4n) is 0.176. The molecular formula is C3H6FO4P. The van der Waals surface area contributed by atoms with E-state index in [9.17, 15) is 8.96 Å². The van der Waals surface area contributed by atoms with Gasteiger partial charge in [-0.05, 0) is 6.08 Å². The van der Waals surface area contributed by atoms with Crippen molar-refractivity contribution in [2.45, 2.75) is 0 Å². The first-order chi connectivity index (χ1) is 4.06. The summed E-state index contributed by atoms with van der Waals surface area (Å²) in [7, 11) is -4.41. The lowest BCUT2D eigenvalue weighted by Crippen LogP contribution is -1.86. The lowest BCUT2D eigenvalue weighted by atomic mass is 10.7. The predicted octanol–water partition coefficient (Wildman–Crippen LogP) is 0.579. The highest BCUT2D eigenvalue weighted by Gasteiger charge is 2.10. The molecule has 0 aromatic heterocycles. The van der Waals surface area contributed by atoms with Gasteiger partial charge < -0.3 is 9.79 Å². The Morgan fingerprint density at radius 3 is 2.56 bits per heavy atom. The molecule has 0 aliphatic heterocycles. The van der Waals surface area contributed by atoms with Crippen molar-refractivity contribution in [2.75, 3.05) is 6.61 Å². The van der Waals surface area contributed by atoms with Crippen molar-refractivity contribution in [2.24, 2.45) is 0 Å². The molecule has 0 amide bonds. The number of hydrogen-bond donors (Lipinski definition) is 2. The fourth-order valence-corrected chi connectivity index (χ4v) is 0.457. The van der Waals surface area contributed by atoms with Gasteiger partial charge in [-0.1, -0.05) is 0 Å². The Hall–Kier alpha value is -0.220. The van der Waals surface area contributed by atoms with Crippen LogP contribution in [-0.4, -0.2) is 16.4 Å². The van der Waals surface area contributed by atoms with E-state index in [1.807, 2.05) is 0 Å². The minimum Gasteiger partial charge on any atom is -0.303 e. The molecule has 9 heavy (non-hydrogen) atoms. The Morgan fingerprint density at radius 1 is 1.67 bits per heavy atom. The molecule has 6 heteroatoms. The van der Waals surface area contributed by atoms with Gasteiger partial charge in [-0.2, -0.15) is 0 Å². The van der Waals surface area contributed by atoms with E-state index < -0.39 is 14.4 Å². The van der Waals surface area contributed by atoms with E-state index in [0.29, 0.717) is 0 Å². The van der Waals surface area contributed by atoms with Gasteiger partial charge in [-0.25, -0.2) is 8.96 Å². The normalized spacial score (nSPS) is 12.8. The predicted molar refractivity (Wildman–Crippen MR) is 28.2 cm³/mol. The smallest absolute Gasteiger partial charge is 0.303 e. The van der Waals surface area contributed by atoms with Gasteiger partial charge in [0.15, 0.2) is 0 Å². The third kappa shape index (κ3) is 7.78. The second kappa shape index (κ2) is 3.74. The monoisotopic (exact) mass is 156 g/mol. The molecule has 0 atom stereocenters. The largest absolute Gasteiger partial charge is 0.469 e. The Bertz CT molecular complexity index is 139. The summed E-state index contributed by atoms with van der Waals surface area (Å²) < 4.78 is 24.7. The molecular weight excluding hydrogens is 150 g/mol. The molecule has 0 heterocycles. The van der Waals surface area contributed by atoms with Crippen LogP contribution in [0.4, 0.5) is 4.39 Å². The van der Waals surface area contributed by atoms with Gasteiger partial charge in [-0.15, -0.1) is 0 Å². The fraction of sp³-hybridized carbons (Fsp3) is 0.333. The van der Waals surface area contributed by atoms with Gasteiger partial charge in [0.05, 0.1) is 12.9 Å². The van der Waals surface area contributed by atoms with Gasteiger partial charge >= 0.3 is 7.82 Å². The zero-order valence-corrected chi connectivity index (χ0v) is 5.29. The van der Waals surface area contributed by atoms with Gasteiger partial charge in [0.25, 0.3) is 0 Å². The Morgan fingerprint density at radius 2 is 2.22 bits per heavy atom. The summed E-state index contributed by atoms with van der Waals surface area (Å²) in [6.07, 6.45) is 0.995. The van der Waals surface area contributed by atoms with Crippen molar-refractivity contribution in [3.05, 3.63) is 12.4 Å². The molecule has 4 nitrogen and oxygen atoms in total. The first-order valence-electron chi connectivity index (χ1n) is 2.01. The zero-order valence-electron chi connectivity index (χ0n) is 4.40. The van der Waals surface area contributed by atoms with Gasteiger partial charge in [0.2, 0.25) is 0 Å². The van der Waals surface area contributed by atoms with Crippen LogP contribution in [0.15, 0.2) is 12.4 Å². The minimum atomic E-state index is -4.41. The molecule has 0 saturated carbocycles. The molecule has 0 rings (SSSR count). The van der Waals surface area contributed by atoms with Gasteiger partial charge in [-0.3, -0.25) is 4.52 Å². The summed E-state index contributed by atoms with van der Waals surface area (Å²) in [4.78, 5) is 16.0. The molecule has 0 unspecified atom stereocenters. The lowest BCUT2D eigenvalue weighted by Gasteiger charge is -1.99. The molecule has 54 valence electrons. The molecule has 0 aromatic carbocycles. The van der Waals surface area contributed by atoms with E-state index in [0.717, 1.165) is 6.08 Å². The number of phosphoric ester groups is 1. The molecule has 2 N–H and O–H groups in total. The molecule has 0 radical (unpaired) electrons. The third-order valence-electron chi connectivity index (χ3n) is 0.428. The number of rotatable bonds is 3. The number of hydrogen-bond acceptors (Lipinski definition) is 2. The molecule has 0 bridgehead atoms. The van der Waals surface area contributed by atoms with Crippen LogP contribution in [0.1, 0.15) is 0 Å². The summed E-state index contributed by atoms with van der Waals surface area (Å²) in [5.41, 5.74) is 0. The van der Waals surface area contributed by atoms with Crippen LogP contribution < -0.4 is 0 Å². The highest BCUT2D eigenvalue weighted by molar-refractivity contribution is 7.46. The van der Waals surface area contributed by atoms with Crippen molar-refractivity contribution >= 4 is 7.82 Å². The molecule has 0 spiro atoms. The van der Waals surface area contributed by atoms with Crippen LogP contribution >= 0.6 is 7.82 Å². The second-order valence-electron chi connectivity index (χ2n) is 1.15. The maximum atomic E-state index is 11.1. The SMILES string of the molecule is O=P(O)(O)OCC=CF. The summed E-state index contributed by atoms with van der Waals surface area (Å²) in [6, 6.07) is 0. The molecule has 0 aromatic rings. The molecule has 0 aliphatic rings. The highest BCUT2D eigenvalue weighted by Crippen LogP contribution is 2.35. The van der Waals surface area contributed by atoms with Gasteiger partial charge in [0.1, 0.15) is 0 Å². The van der Waals surface area contributed by atoms with Crippen molar-refractivity contribution in [1.82, 2.24) is 0 Å². The van der Waals surface area contributed by atoms with E-state index in [1.165, 1.54) is 0 Å². The number of halogens is 1. The number of phosphoric acid groups is 1. The standard InChI is InChI=1S/C3H6FO4P/c4-2-1-3-8-9(5,6)7/h1-2H,3H2,(H2,5,6,7). The lowest BCUT2D eigenvalue weighted by molar-refractivity contribution is 0.215. The van der Waals surface area contributed by atoms with Crippen LogP contribution in [-0.2, 0) is 9.09 Å². The zero-order chi connectivity index (χ0) is 7.33. The first-order valence-corrected chi connectivity index (χ1v) is 3.54. The van der Waals surface area contributed by atoms with Gasteiger partial charge in [0, 0.05) is 0 Å². The van der Waals surface area contributed by atoms with Crippen LogP contribution in [0.2, 0.25) is 0 Å². The average molecular weight is 156 g/mol. The van der Waals surface area contributed by atoms with Crippen LogP contribution in [0.25, 0.3) is 0 Å². The maximum absolute atomic E-state index is 11.1. The minimum absolute atomic E-state index is 0.148. The maximum Gasteiger partial charge on any atom is 0.469 e. The summed E-state index contributed by atoms with van der Waals surface area (Å²) in [5.74, 6) is 0. The summed E-state index contributed by atoms with van der Waals surface area (Å²) >= 11 is 0. The topological polar surface area (TPSA) is 66.8 Å².